The van der Waals surface area contributed by atoms with Crippen LogP contribution in [0.4, 0.5) is 14.6 Å². The van der Waals surface area contributed by atoms with Gasteiger partial charge in [0, 0.05) is 11.8 Å². The number of halogens is 3. The first-order valence-corrected chi connectivity index (χ1v) is 5.83. The third-order valence-electron chi connectivity index (χ3n) is 2.82. The third kappa shape index (κ3) is 1.82. The van der Waals surface area contributed by atoms with E-state index in [9.17, 15) is 8.78 Å². The molecule has 2 aromatic heterocycles. The molecule has 0 saturated carbocycles. The van der Waals surface area contributed by atoms with Crippen LogP contribution in [0.3, 0.4) is 0 Å². The first kappa shape index (κ1) is 11.9. The van der Waals surface area contributed by atoms with Gasteiger partial charge in [0.1, 0.15) is 23.1 Å². The van der Waals surface area contributed by atoms with E-state index < -0.39 is 11.6 Å². The minimum absolute atomic E-state index is 0.0114. The number of hydrogen-bond donors (Lipinski definition) is 1. The van der Waals surface area contributed by atoms with Crippen LogP contribution in [-0.4, -0.2) is 9.38 Å². The molecule has 0 aliphatic rings. The standard InChI is InChI=1S/C13H8ClF2N3/c14-9-2-1-5-19-12(17)11(18-13(9)19)8-6-7(15)3-4-10(8)16/h1-6H,17H2. The molecular weight excluding hydrogens is 272 g/mol. The Kier molecular flexibility index (Phi) is 2.64. The van der Waals surface area contributed by atoms with Gasteiger partial charge in [-0.3, -0.25) is 4.40 Å². The number of rotatable bonds is 1. The quantitative estimate of drug-likeness (QED) is 0.741. The predicted molar refractivity (Wildman–Crippen MR) is 70.0 cm³/mol. The van der Waals surface area contributed by atoms with Crippen molar-refractivity contribution in [2.24, 2.45) is 0 Å². The van der Waals surface area contributed by atoms with Crippen molar-refractivity contribution in [1.29, 1.82) is 0 Å². The summed E-state index contributed by atoms with van der Waals surface area (Å²) in [5.41, 5.74) is 6.50. The second kappa shape index (κ2) is 4.20. The molecule has 0 amide bonds. The van der Waals surface area contributed by atoms with E-state index in [0.29, 0.717) is 10.7 Å². The van der Waals surface area contributed by atoms with Crippen LogP contribution in [0.5, 0.6) is 0 Å². The molecule has 0 bridgehead atoms. The number of nitrogens with zero attached hydrogens (tertiary/aromatic N) is 2. The fourth-order valence-electron chi connectivity index (χ4n) is 1.93. The number of imidazole rings is 1. The monoisotopic (exact) mass is 279 g/mol. The summed E-state index contributed by atoms with van der Waals surface area (Å²) >= 11 is 5.99. The fourth-order valence-corrected chi connectivity index (χ4v) is 2.14. The lowest BCUT2D eigenvalue weighted by atomic mass is 10.1. The van der Waals surface area contributed by atoms with Crippen LogP contribution in [0, 0.1) is 11.6 Å². The van der Waals surface area contributed by atoms with Gasteiger partial charge in [-0.05, 0) is 30.3 Å². The third-order valence-corrected chi connectivity index (χ3v) is 3.12. The van der Waals surface area contributed by atoms with Gasteiger partial charge in [-0.25, -0.2) is 13.8 Å². The van der Waals surface area contributed by atoms with Crippen molar-refractivity contribution >= 4 is 23.1 Å². The second-order valence-corrected chi connectivity index (χ2v) is 4.43. The van der Waals surface area contributed by atoms with E-state index in [4.69, 9.17) is 17.3 Å². The molecule has 96 valence electrons. The molecule has 0 atom stereocenters. The average Bonchev–Trinajstić information content (AvgIpc) is 2.72. The summed E-state index contributed by atoms with van der Waals surface area (Å²) in [6.45, 7) is 0. The van der Waals surface area contributed by atoms with Gasteiger partial charge in [0.2, 0.25) is 0 Å². The molecule has 0 saturated heterocycles. The Morgan fingerprint density at radius 2 is 2.00 bits per heavy atom. The van der Waals surface area contributed by atoms with Crippen LogP contribution in [0.15, 0.2) is 36.5 Å². The number of nitrogen functional groups attached to an aromatic ring is 1. The number of fused-ring (bicyclic) bond motifs is 1. The van der Waals surface area contributed by atoms with Gasteiger partial charge in [0.05, 0.1) is 5.02 Å². The summed E-state index contributed by atoms with van der Waals surface area (Å²) in [6, 6.07) is 6.48. The van der Waals surface area contributed by atoms with E-state index in [0.717, 1.165) is 18.2 Å². The Hall–Kier alpha value is -2.14. The molecule has 0 spiro atoms. The van der Waals surface area contributed by atoms with Gasteiger partial charge >= 0.3 is 0 Å². The summed E-state index contributed by atoms with van der Waals surface area (Å²) < 4.78 is 28.5. The zero-order valence-electron chi connectivity index (χ0n) is 9.57. The first-order chi connectivity index (χ1) is 9.08. The van der Waals surface area contributed by atoms with Gasteiger partial charge in [-0.1, -0.05) is 11.6 Å². The summed E-state index contributed by atoms with van der Waals surface area (Å²) in [4.78, 5) is 4.18. The van der Waals surface area contributed by atoms with Crippen LogP contribution >= 0.6 is 11.6 Å². The van der Waals surface area contributed by atoms with Gasteiger partial charge in [0.15, 0.2) is 5.65 Å². The number of nitrogens with two attached hydrogens (primary N) is 1. The fraction of sp³-hybridized carbons (Fsp3) is 0. The molecule has 3 aromatic rings. The maximum absolute atomic E-state index is 13.8. The highest BCUT2D eigenvalue weighted by atomic mass is 35.5. The number of benzene rings is 1. The molecule has 6 heteroatoms. The first-order valence-electron chi connectivity index (χ1n) is 5.45. The van der Waals surface area contributed by atoms with E-state index >= 15 is 0 Å². The normalized spacial score (nSPS) is 11.1. The summed E-state index contributed by atoms with van der Waals surface area (Å²) in [6.07, 6.45) is 1.66. The average molecular weight is 280 g/mol. The molecule has 0 fully saturated rings. The van der Waals surface area contributed by atoms with Gasteiger partial charge in [-0.2, -0.15) is 0 Å². The molecule has 0 aliphatic heterocycles. The van der Waals surface area contributed by atoms with E-state index in [2.05, 4.69) is 4.98 Å². The minimum atomic E-state index is -0.590. The molecule has 0 radical (unpaired) electrons. The van der Waals surface area contributed by atoms with E-state index in [1.165, 1.54) is 4.40 Å². The molecule has 0 aliphatic carbocycles. The zero-order chi connectivity index (χ0) is 13.6. The Morgan fingerprint density at radius 3 is 2.74 bits per heavy atom. The molecule has 19 heavy (non-hydrogen) atoms. The molecule has 0 unspecified atom stereocenters. The van der Waals surface area contributed by atoms with Crippen molar-refractivity contribution in [3.05, 3.63) is 53.2 Å². The number of aromatic nitrogens is 2. The molecule has 1 aromatic carbocycles. The van der Waals surface area contributed by atoms with E-state index in [-0.39, 0.29) is 17.1 Å². The SMILES string of the molecule is Nc1c(-c2cc(F)ccc2F)nc2c(Cl)cccn12. The topological polar surface area (TPSA) is 43.3 Å². The highest BCUT2D eigenvalue weighted by Crippen LogP contribution is 2.31. The minimum Gasteiger partial charge on any atom is -0.383 e. The summed E-state index contributed by atoms with van der Waals surface area (Å²) in [5, 5.41) is 0.386. The molecular formula is C13H8ClF2N3. The maximum atomic E-state index is 13.8. The van der Waals surface area contributed by atoms with Gasteiger partial charge < -0.3 is 5.73 Å². The van der Waals surface area contributed by atoms with Crippen molar-refractivity contribution in [3.63, 3.8) is 0 Å². The Morgan fingerprint density at radius 1 is 1.21 bits per heavy atom. The number of hydrogen-bond acceptors (Lipinski definition) is 2. The van der Waals surface area contributed by atoms with Crippen molar-refractivity contribution in [2.45, 2.75) is 0 Å². The Labute approximate surface area is 112 Å². The van der Waals surface area contributed by atoms with Crippen LogP contribution in [0.25, 0.3) is 16.9 Å². The Bertz CT molecular complexity index is 783. The van der Waals surface area contributed by atoms with Crippen molar-refractivity contribution in [2.75, 3.05) is 5.73 Å². The molecule has 3 rings (SSSR count). The predicted octanol–water partition coefficient (Wildman–Crippen LogP) is 3.52. The molecule has 2 heterocycles. The molecule has 3 nitrogen and oxygen atoms in total. The van der Waals surface area contributed by atoms with Gasteiger partial charge in [-0.15, -0.1) is 0 Å². The maximum Gasteiger partial charge on any atom is 0.157 e. The van der Waals surface area contributed by atoms with E-state index in [1.54, 1.807) is 18.3 Å². The van der Waals surface area contributed by atoms with Crippen LogP contribution in [-0.2, 0) is 0 Å². The van der Waals surface area contributed by atoms with Crippen LogP contribution in [0.1, 0.15) is 0 Å². The number of pyridine rings is 1. The Balaban J connectivity index is 2.34. The lowest BCUT2D eigenvalue weighted by Gasteiger charge is -2.01. The summed E-state index contributed by atoms with van der Waals surface area (Å²) in [5.74, 6) is -0.936. The highest BCUT2D eigenvalue weighted by molar-refractivity contribution is 6.33. The zero-order valence-corrected chi connectivity index (χ0v) is 10.3. The van der Waals surface area contributed by atoms with Crippen molar-refractivity contribution < 1.29 is 8.78 Å². The lowest BCUT2D eigenvalue weighted by Crippen LogP contribution is -1.95. The van der Waals surface area contributed by atoms with Crippen molar-refractivity contribution in [1.82, 2.24) is 9.38 Å². The molecule has 2 N–H and O–H groups in total. The summed E-state index contributed by atoms with van der Waals surface area (Å²) in [7, 11) is 0. The lowest BCUT2D eigenvalue weighted by molar-refractivity contribution is 0.603. The van der Waals surface area contributed by atoms with E-state index in [1.807, 2.05) is 0 Å². The number of anilines is 1. The largest absolute Gasteiger partial charge is 0.383 e. The highest BCUT2D eigenvalue weighted by Gasteiger charge is 2.16. The second-order valence-electron chi connectivity index (χ2n) is 4.02. The van der Waals surface area contributed by atoms with Crippen molar-refractivity contribution in [3.8, 4) is 11.3 Å². The van der Waals surface area contributed by atoms with Gasteiger partial charge in [0.25, 0.3) is 0 Å². The van der Waals surface area contributed by atoms with Crippen LogP contribution < -0.4 is 5.73 Å². The smallest absolute Gasteiger partial charge is 0.157 e. The van der Waals surface area contributed by atoms with Crippen LogP contribution in [0.2, 0.25) is 5.02 Å².